The van der Waals surface area contributed by atoms with Crippen molar-refractivity contribution in [3.63, 3.8) is 0 Å². The summed E-state index contributed by atoms with van der Waals surface area (Å²) in [6.07, 6.45) is 1.53. The maximum atomic E-state index is 11.7. The predicted octanol–water partition coefficient (Wildman–Crippen LogP) is 2.82. The number of amides is 1. The van der Waals surface area contributed by atoms with E-state index < -0.39 is 0 Å². The second kappa shape index (κ2) is 11.1. The maximum absolute atomic E-state index is 11.7. The van der Waals surface area contributed by atoms with E-state index in [1.807, 2.05) is 37.3 Å². The van der Waals surface area contributed by atoms with E-state index in [0.717, 1.165) is 40.2 Å². The molecule has 1 amide bonds. The van der Waals surface area contributed by atoms with Crippen molar-refractivity contribution in [2.45, 2.75) is 26.2 Å². The third kappa shape index (κ3) is 6.80. The number of aliphatic imine (C=N–C) groups is 1. The first-order chi connectivity index (χ1) is 13.9. The Morgan fingerprint density at radius 1 is 1.03 bits per heavy atom. The van der Waals surface area contributed by atoms with Crippen molar-refractivity contribution in [2.75, 3.05) is 27.4 Å². The molecule has 0 atom stereocenters. The van der Waals surface area contributed by atoms with Crippen LogP contribution in [0.2, 0.25) is 0 Å². The van der Waals surface area contributed by atoms with Crippen LogP contribution >= 0.6 is 0 Å². The van der Waals surface area contributed by atoms with Gasteiger partial charge in [0.25, 0.3) is 0 Å². The van der Waals surface area contributed by atoms with Gasteiger partial charge in [-0.15, -0.1) is 0 Å². The van der Waals surface area contributed by atoms with E-state index in [1.165, 1.54) is 0 Å². The van der Waals surface area contributed by atoms with Crippen molar-refractivity contribution < 1.29 is 19.0 Å². The predicted molar refractivity (Wildman–Crippen MR) is 114 cm³/mol. The van der Waals surface area contributed by atoms with E-state index >= 15 is 0 Å². The molecule has 2 rings (SSSR count). The number of ether oxygens (including phenoxy) is 3. The maximum Gasteiger partial charge on any atom is 0.249 e. The van der Waals surface area contributed by atoms with Crippen molar-refractivity contribution in [3.8, 4) is 22.6 Å². The SMILES string of the molecule is COCCCOc1cc(CCC(=O)N=C(N)N)ccc1-c1ccc(OC)c(C)c1. The molecule has 29 heavy (non-hydrogen) atoms. The van der Waals surface area contributed by atoms with Crippen LogP contribution < -0.4 is 20.9 Å². The van der Waals surface area contributed by atoms with Gasteiger partial charge in [0.2, 0.25) is 5.91 Å². The standard InChI is InChI=1S/C22H29N3O4/c1-15-13-17(7-9-19(15)28-3)18-8-5-16(6-10-21(26)25-22(23)24)14-20(18)29-12-4-11-27-2/h5,7-9,13-14H,4,6,10-12H2,1-3H3,(H4,23,24,25,26). The molecule has 0 aliphatic heterocycles. The van der Waals surface area contributed by atoms with Gasteiger partial charge in [-0.05, 0) is 48.2 Å². The number of nitrogens with zero attached hydrogens (tertiary/aromatic N) is 1. The van der Waals surface area contributed by atoms with Gasteiger partial charge in [0.05, 0.1) is 13.7 Å². The number of hydrogen-bond donors (Lipinski definition) is 2. The lowest BCUT2D eigenvalue weighted by atomic mass is 9.99. The number of hydrogen-bond acceptors (Lipinski definition) is 4. The van der Waals surface area contributed by atoms with Gasteiger partial charge in [0.1, 0.15) is 11.5 Å². The molecule has 156 valence electrons. The number of aryl methyl sites for hydroxylation is 2. The molecule has 0 unspecified atom stereocenters. The molecular formula is C22H29N3O4. The summed E-state index contributed by atoms with van der Waals surface area (Å²) in [5, 5.41) is 0. The van der Waals surface area contributed by atoms with Gasteiger partial charge >= 0.3 is 0 Å². The highest BCUT2D eigenvalue weighted by Crippen LogP contribution is 2.34. The summed E-state index contributed by atoms with van der Waals surface area (Å²) in [4.78, 5) is 15.3. The molecule has 2 aromatic carbocycles. The third-order valence-corrected chi connectivity index (χ3v) is 4.38. The zero-order valence-electron chi connectivity index (χ0n) is 17.2. The number of carbonyl (C=O) groups excluding carboxylic acids is 1. The van der Waals surface area contributed by atoms with Gasteiger partial charge in [-0.3, -0.25) is 4.79 Å². The zero-order chi connectivity index (χ0) is 21.2. The van der Waals surface area contributed by atoms with E-state index in [2.05, 4.69) is 11.1 Å². The Bertz CT molecular complexity index is 861. The van der Waals surface area contributed by atoms with Crippen LogP contribution in [0.3, 0.4) is 0 Å². The first-order valence-electron chi connectivity index (χ1n) is 9.46. The molecule has 7 heteroatoms. The lowest BCUT2D eigenvalue weighted by Crippen LogP contribution is -2.24. The van der Waals surface area contributed by atoms with Crippen LogP contribution in [0.15, 0.2) is 41.4 Å². The summed E-state index contributed by atoms with van der Waals surface area (Å²) in [5.41, 5.74) is 14.5. The van der Waals surface area contributed by atoms with Crippen molar-refractivity contribution in [1.29, 1.82) is 0 Å². The van der Waals surface area contributed by atoms with Gasteiger partial charge < -0.3 is 25.7 Å². The Kier molecular flexibility index (Phi) is 8.48. The van der Waals surface area contributed by atoms with E-state index in [0.29, 0.717) is 19.6 Å². The monoisotopic (exact) mass is 399 g/mol. The molecule has 0 saturated heterocycles. The van der Waals surface area contributed by atoms with Crippen LogP contribution in [0.1, 0.15) is 24.0 Å². The minimum Gasteiger partial charge on any atom is -0.496 e. The molecule has 0 aliphatic rings. The highest BCUT2D eigenvalue weighted by atomic mass is 16.5. The van der Waals surface area contributed by atoms with Gasteiger partial charge in [0, 0.05) is 32.1 Å². The molecule has 0 radical (unpaired) electrons. The van der Waals surface area contributed by atoms with E-state index in [1.54, 1.807) is 14.2 Å². The van der Waals surface area contributed by atoms with Gasteiger partial charge in [-0.25, -0.2) is 0 Å². The summed E-state index contributed by atoms with van der Waals surface area (Å²) in [6, 6.07) is 12.0. The average Bonchev–Trinajstić information content (AvgIpc) is 2.69. The molecule has 0 saturated carbocycles. The summed E-state index contributed by atoms with van der Waals surface area (Å²) in [5.74, 6) is 1.04. The Morgan fingerprint density at radius 2 is 1.83 bits per heavy atom. The Labute approximate surface area is 171 Å². The molecular weight excluding hydrogens is 370 g/mol. The largest absolute Gasteiger partial charge is 0.496 e. The van der Waals surface area contributed by atoms with Crippen LogP contribution in [0.25, 0.3) is 11.1 Å². The van der Waals surface area contributed by atoms with Gasteiger partial charge in [0.15, 0.2) is 5.96 Å². The van der Waals surface area contributed by atoms with Crippen LogP contribution in [-0.2, 0) is 16.0 Å². The van der Waals surface area contributed by atoms with Gasteiger partial charge in [-0.2, -0.15) is 4.99 Å². The lowest BCUT2D eigenvalue weighted by Gasteiger charge is -2.15. The summed E-state index contributed by atoms with van der Waals surface area (Å²) >= 11 is 0. The average molecular weight is 399 g/mol. The van der Waals surface area contributed by atoms with E-state index in [9.17, 15) is 4.79 Å². The van der Waals surface area contributed by atoms with E-state index in [4.69, 9.17) is 25.7 Å². The second-order valence-corrected chi connectivity index (χ2v) is 6.64. The lowest BCUT2D eigenvalue weighted by molar-refractivity contribution is -0.117. The number of guanidine groups is 1. The quantitative estimate of drug-likeness (QED) is 0.361. The molecule has 7 nitrogen and oxygen atoms in total. The third-order valence-electron chi connectivity index (χ3n) is 4.38. The molecule has 0 aliphatic carbocycles. The highest BCUT2D eigenvalue weighted by Gasteiger charge is 2.11. The summed E-state index contributed by atoms with van der Waals surface area (Å²) < 4.78 is 16.5. The fourth-order valence-corrected chi connectivity index (χ4v) is 2.96. The zero-order valence-corrected chi connectivity index (χ0v) is 17.2. The van der Waals surface area contributed by atoms with Crippen LogP contribution in [-0.4, -0.2) is 39.3 Å². The first kappa shape index (κ1) is 22.2. The van der Waals surface area contributed by atoms with Crippen molar-refractivity contribution in [3.05, 3.63) is 47.5 Å². The van der Waals surface area contributed by atoms with Crippen LogP contribution in [0.4, 0.5) is 0 Å². The van der Waals surface area contributed by atoms with Crippen molar-refractivity contribution in [1.82, 2.24) is 0 Å². The summed E-state index contributed by atoms with van der Waals surface area (Å²) in [7, 11) is 3.32. The Balaban J connectivity index is 2.26. The Hall–Kier alpha value is -3.06. The van der Waals surface area contributed by atoms with Gasteiger partial charge in [-0.1, -0.05) is 18.2 Å². The minimum absolute atomic E-state index is 0.220. The fourth-order valence-electron chi connectivity index (χ4n) is 2.96. The Morgan fingerprint density at radius 3 is 2.48 bits per heavy atom. The smallest absolute Gasteiger partial charge is 0.249 e. The fraction of sp³-hybridized carbons (Fsp3) is 0.364. The molecule has 2 aromatic rings. The van der Waals surface area contributed by atoms with Crippen molar-refractivity contribution >= 4 is 11.9 Å². The molecule has 0 heterocycles. The number of methoxy groups -OCH3 is 2. The molecule has 0 bridgehead atoms. The van der Waals surface area contributed by atoms with Crippen LogP contribution in [0.5, 0.6) is 11.5 Å². The number of carbonyl (C=O) groups is 1. The molecule has 0 aromatic heterocycles. The second-order valence-electron chi connectivity index (χ2n) is 6.64. The topological polar surface area (TPSA) is 109 Å². The number of nitrogens with two attached hydrogens (primary N) is 2. The van der Waals surface area contributed by atoms with Crippen molar-refractivity contribution in [2.24, 2.45) is 16.5 Å². The minimum atomic E-state index is -0.345. The molecule has 4 N–H and O–H groups in total. The van der Waals surface area contributed by atoms with Crippen LogP contribution in [0, 0.1) is 6.92 Å². The number of rotatable bonds is 10. The number of benzene rings is 2. The molecule has 0 fully saturated rings. The highest BCUT2D eigenvalue weighted by molar-refractivity contribution is 5.91. The normalized spacial score (nSPS) is 10.4. The van der Waals surface area contributed by atoms with E-state index in [-0.39, 0.29) is 18.3 Å². The summed E-state index contributed by atoms with van der Waals surface area (Å²) in [6.45, 7) is 3.17. The first-order valence-corrected chi connectivity index (χ1v) is 9.46. The molecule has 0 spiro atoms.